The average molecular weight is 1630 g/mol. The number of benzene rings is 2. The smallest absolute Gasteiger partial charge is 0.345 e. The van der Waals surface area contributed by atoms with Gasteiger partial charge in [0.2, 0.25) is 17.6 Å². The Labute approximate surface area is 586 Å². The fraction of sp³-hybridized carbons (Fsp3) is 0.580. The number of ether oxygens (including phenoxy) is 7. The van der Waals surface area contributed by atoms with Crippen molar-refractivity contribution >= 4 is 132 Å². The highest BCUT2D eigenvalue weighted by Gasteiger charge is 2.53. The summed E-state index contributed by atoms with van der Waals surface area (Å²) in [5.74, 6) is -11.0. The van der Waals surface area contributed by atoms with Gasteiger partial charge in [-0.2, -0.15) is 0 Å². The maximum Gasteiger partial charge on any atom is 0.345 e. The van der Waals surface area contributed by atoms with Crippen molar-refractivity contribution in [1.82, 2.24) is 4.90 Å². The standard InChI is InChI=1S/C69H90I3N3O18/c1-36-18-14-13-15-19-37(2)52(87-10)34-48-25-21-42(7)69(86,93-48)64(81)65(82)75-29-17-16-20-49(75)67(84)92-53(35-50(78)38(3)31-41(6)62(80)63(89-12)61(79)40(5)30-36)39(4)32-45-22-28-51(54(33-45)88-11)91-66(83)46-23-26-47(27-24-46)90-68(85)55-56(70)59(73-43(8)76)58(72)60(57(55)71)74-44(9)77/h13-15,18-19,23-24,26-27,31,36,38-40,42,45,48-49,51-54,62-63,80,86H,16-17,20-22,25,28-30,32-35H2,1-12H3,(H,73,76)(H,74,77)/b15-13+,18-14+,37-19+,41-31+/t36-,38-,39-,40-,42-,45+,48+,49+,51-,52+,53+,54-,62-,63+,69-/m1/s1. The fourth-order valence-corrected chi connectivity index (χ4v) is 16.8. The Morgan fingerprint density at radius 2 is 1.42 bits per heavy atom. The number of carbonyl (C=O) groups is 9. The third kappa shape index (κ3) is 20.1. The van der Waals surface area contributed by atoms with E-state index in [2.05, 4.69) is 10.6 Å². The molecule has 6 rings (SSSR count). The molecule has 510 valence electrons. The van der Waals surface area contributed by atoms with Crippen LogP contribution in [0, 0.1) is 46.2 Å². The van der Waals surface area contributed by atoms with Gasteiger partial charge in [-0.15, -0.1) is 0 Å². The number of ketones is 3. The van der Waals surface area contributed by atoms with Gasteiger partial charge in [-0.05, 0) is 199 Å². The first kappa shape index (κ1) is 77.2. The number of fused-ring (bicyclic) bond motifs is 3. The van der Waals surface area contributed by atoms with Crippen LogP contribution < -0.4 is 15.4 Å². The molecule has 1 saturated carbocycles. The predicted octanol–water partition coefficient (Wildman–Crippen LogP) is 11.0. The lowest BCUT2D eigenvalue weighted by Crippen LogP contribution is -2.61. The normalized spacial score (nSPS) is 31.5. The number of Topliss-reactive ketones (excluding diaryl/α,β-unsaturated/α-hetero) is 3. The first-order valence-electron chi connectivity index (χ1n) is 31.7. The molecule has 3 heterocycles. The van der Waals surface area contributed by atoms with Gasteiger partial charge in [0.05, 0.1) is 51.5 Å². The van der Waals surface area contributed by atoms with Crippen LogP contribution in [-0.2, 0) is 62.0 Å². The zero-order valence-corrected chi connectivity index (χ0v) is 61.5. The number of hydrogen-bond acceptors (Lipinski definition) is 18. The molecular weight excluding hydrogens is 1540 g/mol. The van der Waals surface area contributed by atoms with E-state index in [4.69, 9.17) is 33.2 Å². The van der Waals surface area contributed by atoms with Crippen LogP contribution >= 0.6 is 67.8 Å². The summed E-state index contributed by atoms with van der Waals surface area (Å²) in [6.45, 7) is 15.1. The van der Waals surface area contributed by atoms with Gasteiger partial charge in [0, 0.05) is 72.3 Å². The molecule has 21 nitrogen and oxygen atoms in total. The number of carbonyl (C=O) groups excluding carboxylic acids is 9. The van der Waals surface area contributed by atoms with Gasteiger partial charge in [0.1, 0.15) is 42.0 Å². The van der Waals surface area contributed by atoms with Crippen LogP contribution in [0.4, 0.5) is 11.4 Å². The Kier molecular flexibility index (Phi) is 29.4. The highest BCUT2D eigenvalue weighted by atomic mass is 127. The Morgan fingerprint density at radius 1 is 0.763 bits per heavy atom. The van der Waals surface area contributed by atoms with E-state index in [-0.39, 0.29) is 77.9 Å². The lowest BCUT2D eigenvalue weighted by Gasteiger charge is -2.42. The zero-order chi connectivity index (χ0) is 68.8. The minimum atomic E-state index is -2.50. The summed E-state index contributed by atoms with van der Waals surface area (Å²) in [6.07, 6.45) is 9.29. The number of nitrogens with zero attached hydrogens (tertiary/aromatic N) is 1. The van der Waals surface area contributed by atoms with E-state index < -0.39 is 108 Å². The van der Waals surface area contributed by atoms with E-state index in [1.165, 1.54) is 52.3 Å². The molecule has 4 aliphatic rings. The third-order valence-electron chi connectivity index (χ3n) is 18.1. The monoisotopic (exact) mass is 1630 g/mol. The highest BCUT2D eigenvalue weighted by molar-refractivity contribution is 14.1. The summed E-state index contributed by atoms with van der Waals surface area (Å²) in [6, 6.07) is 4.58. The van der Waals surface area contributed by atoms with E-state index >= 15 is 0 Å². The van der Waals surface area contributed by atoms with Crippen LogP contribution in [0.5, 0.6) is 5.75 Å². The summed E-state index contributed by atoms with van der Waals surface area (Å²) in [5, 5.41) is 29.2. The quantitative estimate of drug-likeness (QED) is 0.0505. The SMILES string of the molecule is CO[C@H]1C[C@@H]2CC[C@@H](C)[C@@](O)(O2)C(=O)C(=O)N2CCCC[C@H]2C(=O)O[C@H]([C@H](C)C[C@@H]2CC[C@@H](OC(=O)c3ccc(OC(=O)c4c(I)c(NC(C)=O)c(I)c(NC(C)=O)c4I)cc3)[C@H](OC)C2)CC(=O)[C@H](C)/C=C(\C)[C@@H](O)[C@@H](OC)C(=O)[C@H](C)C[C@H](C)/C=C/C=C/C=C/1C. The molecule has 4 N–H and O–H groups in total. The molecule has 2 bridgehead atoms. The molecule has 2 aromatic carbocycles. The molecular formula is C69H90I3N3O18. The Balaban J connectivity index is 1.22. The van der Waals surface area contributed by atoms with E-state index in [0.29, 0.717) is 85.4 Å². The second-order valence-electron chi connectivity index (χ2n) is 25.3. The van der Waals surface area contributed by atoms with Crippen molar-refractivity contribution in [2.45, 2.75) is 194 Å². The van der Waals surface area contributed by atoms with Crippen molar-refractivity contribution in [3.05, 3.63) is 93.7 Å². The Bertz CT molecular complexity index is 3160. The van der Waals surface area contributed by atoms with Crippen molar-refractivity contribution < 1.29 is 86.5 Å². The summed E-state index contributed by atoms with van der Waals surface area (Å²) >= 11 is 5.87. The third-order valence-corrected chi connectivity index (χ3v) is 21.4. The van der Waals surface area contributed by atoms with Gasteiger partial charge in [0.15, 0.2) is 5.78 Å². The van der Waals surface area contributed by atoms with Gasteiger partial charge in [0.25, 0.3) is 11.7 Å². The molecule has 0 aromatic heterocycles. The molecule has 1 aliphatic carbocycles. The van der Waals surface area contributed by atoms with Gasteiger partial charge < -0.3 is 58.9 Å². The molecule has 24 heteroatoms. The first-order valence-corrected chi connectivity index (χ1v) is 35.0. The minimum Gasteiger partial charge on any atom is -0.460 e. The number of aliphatic hydroxyl groups is 2. The van der Waals surface area contributed by atoms with Crippen LogP contribution in [0.3, 0.4) is 0 Å². The number of esters is 3. The molecule has 15 atom stereocenters. The van der Waals surface area contributed by atoms with Crippen molar-refractivity contribution in [2.24, 2.45) is 35.5 Å². The molecule has 2 aromatic rings. The maximum atomic E-state index is 14.8. The number of anilines is 2. The van der Waals surface area contributed by atoms with E-state index in [1.54, 1.807) is 40.9 Å². The number of piperidine rings is 1. The summed E-state index contributed by atoms with van der Waals surface area (Å²) in [5.41, 5.74) is 2.13. The number of cyclic esters (lactones) is 1. The molecule has 93 heavy (non-hydrogen) atoms. The lowest BCUT2D eigenvalue weighted by atomic mass is 9.78. The number of nitrogens with one attached hydrogen (secondary N) is 2. The van der Waals surface area contributed by atoms with Crippen molar-refractivity contribution in [1.29, 1.82) is 0 Å². The zero-order valence-electron chi connectivity index (χ0n) is 55.1. The Morgan fingerprint density at radius 3 is 2.03 bits per heavy atom. The molecule has 3 aliphatic heterocycles. The number of methoxy groups -OCH3 is 3. The number of hydrogen-bond donors (Lipinski definition) is 4. The number of amides is 3. The second kappa shape index (κ2) is 35.4. The topological polar surface area (TPSA) is 286 Å². The van der Waals surface area contributed by atoms with Crippen molar-refractivity contribution in [3.63, 3.8) is 0 Å². The number of aliphatic hydroxyl groups excluding tert-OH is 1. The maximum absolute atomic E-state index is 14.8. The first-order chi connectivity index (χ1) is 43.9. The van der Waals surface area contributed by atoms with Crippen LogP contribution in [0.2, 0.25) is 0 Å². The van der Waals surface area contributed by atoms with Crippen molar-refractivity contribution in [2.75, 3.05) is 38.5 Å². The van der Waals surface area contributed by atoms with Crippen LogP contribution in [0.25, 0.3) is 0 Å². The summed E-state index contributed by atoms with van der Waals surface area (Å²) in [4.78, 5) is 125. The van der Waals surface area contributed by atoms with Gasteiger partial charge in [-0.1, -0.05) is 71.1 Å². The summed E-state index contributed by atoms with van der Waals surface area (Å²) in [7, 11) is 4.43. The van der Waals surface area contributed by atoms with E-state index in [9.17, 15) is 53.4 Å². The minimum absolute atomic E-state index is 0.0234. The van der Waals surface area contributed by atoms with Crippen LogP contribution in [0.15, 0.2) is 71.9 Å². The predicted molar refractivity (Wildman–Crippen MR) is 373 cm³/mol. The molecule has 2 saturated heterocycles. The van der Waals surface area contributed by atoms with Gasteiger partial charge >= 0.3 is 17.9 Å². The molecule has 3 amide bonds. The highest BCUT2D eigenvalue weighted by Crippen LogP contribution is 2.41. The number of rotatable bonds is 12. The fourth-order valence-electron chi connectivity index (χ4n) is 12.7. The van der Waals surface area contributed by atoms with Gasteiger partial charge in [-0.3, -0.25) is 28.8 Å². The number of halogens is 3. The van der Waals surface area contributed by atoms with Crippen LogP contribution in [-0.4, -0.2) is 151 Å². The van der Waals surface area contributed by atoms with Crippen LogP contribution in [0.1, 0.15) is 160 Å². The Hall–Kier alpha value is -4.82. The molecule has 0 radical (unpaired) electrons. The van der Waals surface area contributed by atoms with E-state index in [0.717, 1.165) is 10.5 Å². The summed E-state index contributed by atoms with van der Waals surface area (Å²) < 4.78 is 43.2. The van der Waals surface area contributed by atoms with Gasteiger partial charge in [-0.25, -0.2) is 14.4 Å². The molecule has 0 spiro atoms. The van der Waals surface area contributed by atoms with Crippen molar-refractivity contribution in [3.8, 4) is 5.75 Å². The molecule has 3 fully saturated rings. The largest absolute Gasteiger partial charge is 0.460 e. The lowest BCUT2D eigenvalue weighted by molar-refractivity contribution is -0.265. The molecule has 0 unspecified atom stereocenters. The average Bonchev–Trinajstić information content (AvgIpc) is 0.799. The van der Waals surface area contributed by atoms with E-state index in [1.807, 2.05) is 119 Å². The second-order valence-corrected chi connectivity index (χ2v) is 28.5. The number of allylic oxidation sites excluding steroid dienone is 6.